The van der Waals surface area contributed by atoms with Crippen LogP contribution in [0, 0.1) is 5.92 Å². The van der Waals surface area contributed by atoms with Crippen LogP contribution >= 0.6 is 23.1 Å². The summed E-state index contributed by atoms with van der Waals surface area (Å²) in [4.78, 5) is 26.7. The van der Waals surface area contributed by atoms with Gasteiger partial charge in [-0.1, -0.05) is 11.8 Å². The lowest BCUT2D eigenvalue weighted by Gasteiger charge is -2.07. The second kappa shape index (κ2) is 5.58. The lowest BCUT2D eigenvalue weighted by atomic mass is 10.1. The van der Waals surface area contributed by atoms with Gasteiger partial charge in [0, 0.05) is 5.69 Å². The molecule has 0 saturated carbocycles. The highest BCUT2D eigenvalue weighted by atomic mass is 32.2. The Labute approximate surface area is 118 Å². The minimum absolute atomic E-state index is 0.526. The van der Waals surface area contributed by atoms with Crippen LogP contribution < -0.4 is 5.32 Å². The monoisotopic (exact) mass is 296 g/mol. The second-order valence-electron chi connectivity index (χ2n) is 3.92. The van der Waals surface area contributed by atoms with E-state index in [0.717, 1.165) is 14.6 Å². The number of aromatic nitrogens is 1. The number of aliphatic carboxylic acids is 1. The number of thioether (sulfide) groups is 1. The number of hydrogen-bond acceptors (Lipinski definition) is 5. The highest BCUT2D eigenvalue weighted by Crippen LogP contribution is 2.30. The van der Waals surface area contributed by atoms with Crippen LogP contribution in [0.5, 0.6) is 0 Å². The van der Waals surface area contributed by atoms with Crippen LogP contribution in [0.2, 0.25) is 0 Å². The van der Waals surface area contributed by atoms with Crippen molar-refractivity contribution in [3.05, 3.63) is 18.2 Å². The first-order valence-electron chi connectivity index (χ1n) is 5.49. The number of carbonyl (C=O) groups is 2. The molecule has 0 fully saturated rings. The fourth-order valence-electron chi connectivity index (χ4n) is 1.43. The van der Waals surface area contributed by atoms with Gasteiger partial charge in [-0.15, -0.1) is 11.3 Å². The molecule has 1 amide bonds. The molecule has 0 aliphatic carbocycles. The topological polar surface area (TPSA) is 79.3 Å². The van der Waals surface area contributed by atoms with Crippen LogP contribution in [0.4, 0.5) is 5.69 Å². The lowest BCUT2D eigenvalue weighted by molar-refractivity contribution is -0.144. The smallest absolute Gasteiger partial charge is 0.315 e. The first-order valence-corrected chi connectivity index (χ1v) is 7.53. The largest absolute Gasteiger partial charge is 0.481 e. The molecule has 7 heteroatoms. The van der Waals surface area contributed by atoms with Gasteiger partial charge in [0.15, 0.2) is 4.34 Å². The summed E-state index contributed by atoms with van der Waals surface area (Å²) in [7, 11) is 0. The van der Waals surface area contributed by atoms with Gasteiger partial charge in [-0.25, -0.2) is 4.98 Å². The van der Waals surface area contributed by atoms with E-state index in [2.05, 4.69) is 10.3 Å². The van der Waals surface area contributed by atoms with Crippen LogP contribution in [0.25, 0.3) is 10.2 Å². The number of carbonyl (C=O) groups excluding carboxylic acids is 1. The first kappa shape index (κ1) is 13.8. The number of anilines is 1. The van der Waals surface area contributed by atoms with E-state index >= 15 is 0 Å². The molecule has 19 heavy (non-hydrogen) atoms. The Morgan fingerprint density at radius 3 is 2.84 bits per heavy atom. The van der Waals surface area contributed by atoms with Gasteiger partial charge in [-0.2, -0.15) is 0 Å². The predicted octanol–water partition coefficient (Wildman–Crippen LogP) is 2.68. The maximum Gasteiger partial charge on any atom is 0.315 e. The SMILES string of the molecule is CSc1nc2ccc(NC(=O)C(C)C(=O)O)cc2s1. The average Bonchev–Trinajstić information content (AvgIpc) is 2.79. The summed E-state index contributed by atoms with van der Waals surface area (Å²) in [6.45, 7) is 1.36. The number of nitrogens with one attached hydrogen (secondary N) is 1. The van der Waals surface area contributed by atoms with Gasteiger partial charge in [0.05, 0.1) is 10.2 Å². The molecule has 1 unspecified atom stereocenters. The summed E-state index contributed by atoms with van der Waals surface area (Å²) in [6.07, 6.45) is 1.95. The van der Waals surface area contributed by atoms with Crippen LogP contribution in [0.3, 0.4) is 0 Å². The van der Waals surface area contributed by atoms with Crippen LogP contribution in [-0.4, -0.2) is 28.2 Å². The van der Waals surface area contributed by atoms with Crippen molar-refractivity contribution in [3.63, 3.8) is 0 Å². The third kappa shape index (κ3) is 3.05. The molecule has 0 radical (unpaired) electrons. The molecule has 1 aromatic carbocycles. The van der Waals surface area contributed by atoms with Gasteiger partial charge in [-0.3, -0.25) is 9.59 Å². The number of nitrogens with zero attached hydrogens (tertiary/aromatic N) is 1. The normalized spacial score (nSPS) is 12.3. The third-order valence-corrected chi connectivity index (χ3v) is 4.58. The van der Waals surface area contributed by atoms with Crippen LogP contribution in [-0.2, 0) is 9.59 Å². The maximum absolute atomic E-state index is 11.6. The predicted molar refractivity (Wildman–Crippen MR) is 76.8 cm³/mol. The number of thiazole rings is 1. The Kier molecular flexibility index (Phi) is 4.06. The Hall–Kier alpha value is -1.60. The van der Waals surface area contributed by atoms with Crippen LogP contribution in [0.15, 0.2) is 22.5 Å². The Balaban J connectivity index is 2.21. The fraction of sp³-hybridized carbons (Fsp3) is 0.250. The zero-order valence-electron chi connectivity index (χ0n) is 10.3. The molecule has 5 nitrogen and oxygen atoms in total. The van der Waals surface area contributed by atoms with Crippen molar-refractivity contribution >= 4 is 50.9 Å². The molecule has 0 bridgehead atoms. The van der Waals surface area contributed by atoms with Crippen molar-refractivity contribution < 1.29 is 14.7 Å². The Morgan fingerprint density at radius 2 is 2.21 bits per heavy atom. The molecule has 1 atom stereocenters. The maximum atomic E-state index is 11.6. The van der Waals surface area contributed by atoms with Gasteiger partial charge in [0.25, 0.3) is 0 Å². The Bertz CT molecular complexity index is 639. The van der Waals surface area contributed by atoms with Gasteiger partial charge < -0.3 is 10.4 Å². The van der Waals surface area contributed by atoms with E-state index in [0.29, 0.717) is 5.69 Å². The molecule has 0 spiro atoms. The minimum atomic E-state index is -1.14. The summed E-state index contributed by atoms with van der Waals surface area (Å²) in [5.41, 5.74) is 1.46. The zero-order chi connectivity index (χ0) is 14.0. The number of carboxylic acids is 1. The summed E-state index contributed by atoms with van der Waals surface area (Å²) in [6, 6.07) is 5.34. The van der Waals surface area contributed by atoms with Crippen molar-refractivity contribution in [2.24, 2.45) is 5.92 Å². The number of carboxylic acid groups (broad SMARTS) is 1. The molecular weight excluding hydrogens is 284 g/mol. The van der Waals surface area contributed by atoms with Crippen molar-refractivity contribution in [3.8, 4) is 0 Å². The lowest BCUT2D eigenvalue weighted by Crippen LogP contribution is -2.26. The molecule has 0 saturated heterocycles. The van der Waals surface area contributed by atoms with Crippen molar-refractivity contribution in [1.29, 1.82) is 0 Å². The Morgan fingerprint density at radius 1 is 1.47 bits per heavy atom. The summed E-state index contributed by atoms with van der Waals surface area (Å²) >= 11 is 3.10. The molecule has 2 rings (SSSR count). The third-order valence-electron chi connectivity index (χ3n) is 2.57. The highest BCUT2D eigenvalue weighted by molar-refractivity contribution is 8.00. The first-order chi connectivity index (χ1) is 9.01. The number of benzene rings is 1. The number of hydrogen-bond donors (Lipinski definition) is 2. The number of amides is 1. The van der Waals surface area contributed by atoms with Gasteiger partial charge >= 0.3 is 5.97 Å². The van der Waals surface area contributed by atoms with Crippen molar-refractivity contribution in [2.75, 3.05) is 11.6 Å². The van der Waals surface area contributed by atoms with E-state index in [1.165, 1.54) is 18.3 Å². The summed E-state index contributed by atoms with van der Waals surface area (Å²) < 4.78 is 1.92. The zero-order valence-corrected chi connectivity index (χ0v) is 12.0. The molecule has 2 aromatic rings. The van der Waals surface area contributed by atoms with E-state index in [-0.39, 0.29) is 0 Å². The highest BCUT2D eigenvalue weighted by Gasteiger charge is 2.20. The van der Waals surface area contributed by atoms with E-state index in [1.54, 1.807) is 23.9 Å². The second-order valence-corrected chi connectivity index (χ2v) is 6.00. The number of rotatable bonds is 4. The van der Waals surface area contributed by atoms with Gasteiger partial charge in [0.2, 0.25) is 5.91 Å². The van der Waals surface area contributed by atoms with E-state index < -0.39 is 17.8 Å². The van der Waals surface area contributed by atoms with Crippen LogP contribution in [0.1, 0.15) is 6.92 Å². The van der Waals surface area contributed by atoms with Crippen molar-refractivity contribution in [2.45, 2.75) is 11.3 Å². The molecule has 1 aromatic heterocycles. The summed E-state index contributed by atoms with van der Waals surface area (Å²) in [5.74, 6) is -2.73. The van der Waals surface area contributed by atoms with E-state index in [9.17, 15) is 9.59 Å². The molecule has 100 valence electrons. The molecule has 2 N–H and O–H groups in total. The molecule has 1 heterocycles. The average molecular weight is 296 g/mol. The molecule has 0 aliphatic heterocycles. The summed E-state index contributed by atoms with van der Waals surface area (Å²) in [5, 5.41) is 11.4. The van der Waals surface area contributed by atoms with E-state index in [4.69, 9.17) is 5.11 Å². The van der Waals surface area contributed by atoms with Gasteiger partial charge in [0.1, 0.15) is 5.92 Å². The standard InChI is InChI=1S/C12H12N2O3S2/c1-6(11(16)17)10(15)13-7-3-4-8-9(5-7)19-12(14-8)18-2/h3-6H,1-2H3,(H,13,15)(H,16,17). The molecular formula is C12H12N2O3S2. The van der Waals surface area contributed by atoms with E-state index in [1.807, 2.05) is 12.3 Å². The van der Waals surface area contributed by atoms with Crippen molar-refractivity contribution in [1.82, 2.24) is 4.98 Å². The van der Waals surface area contributed by atoms with Gasteiger partial charge in [-0.05, 0) is 31.4 Å². The molecule has 0 aliphatic rings. The fourth-order valence-corrected chi connectivity index (χ4v) is 2.96. The minimum Gasteiger partial charge on any atom is -0.481 e. The number of fused-ring (bicyclic) bond motifs is 1. The quantitative estimate of drug-likeness (QED) is 0.670.